The number of aliphatic imine (C=N–C) groups is 1. The molecule has 0 bridgehead atoms. The summed E-state index contributed by atoms with van der Waals surface area (Å²) in [6.07, 6.45) is 0.995. The highest BCUT2D eigenvalue weighted by molar-refractivity contribution is 14.0. The van der Waals surface area contributed by atoms with Gasteiger partial charge in [0.15, 0.2) is 5.96 Å². The molecule has 1 rings (SSSR count). The number of benzene rings is 1. The van der Waals surface area contributed by atoms with Crippen LogP contribution in [0.5, 0.6) is 0 Å². The van der Waals surface area contributed by atoms with E-state index in [-0.39, 0.29) is 24.0 Å². The third-order valence-corrected chi connectivity index (χ3v) is 3.24. The summed E-state index contributed by atoms with van der Waals surface area (Å²) in [6, 6.07) is 10.5. The lowest BCUT2D eigenvalue weighted by atomic mass is 10.1. The molecule has 0 radical (unpaired) electrons. The average molecular weight is 420 g/mol. The van der Waals surface area contributed by atoms with Crippen LogP contribution in [0.4, 0.5) is 0 Å². The Hall–Kier alpha value is -0.860. The highest BCUT2D eigenvalue weighted by Gasteiger charge is 2.00. The molecule has 0 fully saturated rings. The molecule has 0 heterocycles. The third-order valence-electron chi connectivity index (χ3n) is 3.24. The van der Waals surface area contributed by atoms with Crippen molar-refractivity contribution in [2.24, 2.45) is 4.99 Å². The predicted molar refractivity (Wildman–Crippen MR) is 104 cm³/mol. The van der Waals surface area contributed by atoms with Crippen molar-refractivity contribution in [2.75, 3.05) is 54.0 Å². The minimum Gasteiger partial charge on any atom is -0.383 e. The van der Waals surface area contributed by atoms with Gasteiger partial charge in [0, 0.05) is 40.3 Å². The van der Waals surface area contributed by atoms with Crippen LogP contribution in [-0.2, 0) is 11.2 Å². The van der Waals surface area contributed by atoms with Crippen LogP contribution in [0.25, 0.3) is 0 Å². The summed E-state index contributed by atoms with van der Waals surface area (Å²) in [7, 11) is 5.61. The van der Waals surface area contributed by atoms with E-state index in [0.29, 0.717) is 0 Å². The van der Waals surface area contributed by atoms with E-state index in [1.54, 1.807) is 14.2 Å². The van der Waals surface area contributed by atoms with E-state index in [1.807, 2.05) is 6.07 Å². The van der Waals surface area contributed by atoms with Crippen LogP contribution in [0, 0.1) is 0 Å². The maximum atomic E-state index is 5.06. The summed E-state index contributed by atoms with van der Waals surface area (Å²) in [5, 5.41) is 6.65. The molecule has 2 N–H and O–H groups in total. The summed E-state index contributed by atoms with van der Waals surface area (Å²) < 4.78 is 5.06. The van der Waals surface area contributed by atoms with Crippen LogP contribution >= 0.6 is 24.0 Å². The number of hydrogen-bond acceptors (Lipinski definition) is 3. The van der Waals surface area contributed by atoms with Gasteiger partial charge in [-0.2, -0.15) is 0 Å². The molecule has 0 spiro atoms. The van der Waals surface area contributed by atoms with Crippen molar-refractivity contribution in [1.82, 2.24) is 15.5 Å². The first kappa shape index (κ1) is 21.1. The second kappa shape index (κ2) is 13.8. The van der Waals surface area contributed by atoms with Crippen LogP contribution in [0.3, 0.4) is 0 Å². The van der Waals surface area contributed by atoms with E-state index in [1.165, 1.54) is 5.56 Å². The van der Waals surface area contributed by atoms with Gasteiger partial charge >= 0.3 is 0 Å². The second-order valence-corrected chi connectivity index (χ2v) is 4.96. The Labute approximate surface area is 151 Å². The number of ether oxygens (including phenoxy) is 1. The van der Waals surface area contributed by atoms with Gasteiger partial charge < -0.3 is 20.3 Å². The third kappa shape index (κ3) is 9.97. The molecule has 6 heteroatoms. The minimum atomic E-state index is 0. The lowest BCUT2D eigenvalue weighted by Crippen LogP contribution is -2.42. The van der Waals surface area contributed by atoms with E-state index in [0.717, 1.165) is 45.2 Å². The maximum absolute atomic E-state index is 5.06. The quantitative estimate of drug-likeness (QED) is 0.362. The van der Waals surface area contributed by atoms with Gasteiger partial charge in [0.2, 0.25) is 0 Å². The molecule has 0 aliphatic carbocycles. The minimum absolute atomic E-state index is 0. The molecule has 0 aromatic heterocycles. The van der Waals surface area contributed by atoms with Crippen LogP contribution in [0.15, 0.2) is 35.3 Å². The molecular weight excluding hydrogens is 391 g/mol. The normalized spacial score (nSPS) is 11.2. The molecule has 0 amide bonds. The zero-order valence-electron chi connectivity index (χ0n) is 13.8. The predicted octanol–water partition coefficient (Wildman–Crippen LogP) is 1.59. The molecule has 0 aliphatic heterocycles. The van der Waals surface area contributed by atoms with Crippen molar-refractivity contribution in [3.05, 3.63) is 35.9 Å². The first-order valence-corrected chi connectivity index (χ1v) is 7.42. The SMILES string of the molecule is CN=C(NCCc1ccccc1)NCCN(C)CCOC.I. The van der Waals surface area contributed by atoms with Gasteiger partial charge in [0.1, 0.15) is 0 Å². The molecule has 0 aliphatic rings. The number of nitrogens with zero attached hydrogens (tertiary/aromatic N) is 2. The maximum Gasteiger partial charge on any atom is 0.191 e. The fourth-order valence-corrected chi connectivity index (χ4v) is 1.91. The molecule has 1 aromatic carbocycles. The summed E-state index contributed by atoms with van der Waals surface area (Å²) in [5.74, 6) is 0.853. The number of likely N-dealkylation sites (N-methyl/N-ethyl adjacent to an activating group) is 1. The smallest absolute Gasteiger partial charge is 0.191 e. The monoisotopic (exact) mass is 420 g/mol. The Morgan fingerprint density at radius 3 is 2.45 bits per heavy atom. The van der Waals surface area contributed by atoms with Gasteiger partial charge in [0.05, 0.1) is 6.61 Å². The topological polar surface area (TPSA) is 48.9 Å². The Kier molecular flexibility index (Phi) is 13.2. The van der Waals surface area contributed by atoms with Crippen LogP contribution in [-0.4, -0.2) is 64.9 Å². The van der Waals surface area contributed by atoms with E-state index in [2.05, 4.69) is 51.8 Å². The molecular formula is C16H29IN4O. The van der Waals surface area contributed by atoms with Crippen LogP contribution in [0.2, 0.25) is 0 Å². The number of halogens is 1. The molecule has 1 aromatic rings. The van der Waals surface area contributed by atoms with Crippen molar-refractivity contribution in [1.29, 1.82) is 0 Å². The van der Waals surface area contributed by atoms with Crippen molar-refractivity contribution < 1.29 is 4.74 Å². The zero-order chi connectivity index (χ0) is 15.3. The van der Waals surface area contributed by atoms with E-state index in [9.17, 15) is 0 Å². The van der Waals surface area contributed by atoms with Gasteiger partial charge in [-0.25, -0.2) is 0 Å². The number of rotatable bonds is 9. The fourth-order valence-electron chi connectivity index (χ4n) is 1.91. The highest BCUT2D eigenvalue weighted by Crippen LogP contribution is 1.97. The standard InChI is InChI=1S/C16H28N4O.HI/c1-17-16(19-11-12-20(2)13-14-21-3)18-10-9-15-7-5-4-6-8-15;/h4-8H,9-14H2,1-3H3,(H2,17,18,19);1H. The van der Waals surface area contributed by atoms with Crippen LogP contribution in [0.1, 0.15) is 5.56 Å². The number of guanidine groups is 1. The summed E-state index contributed by atoms with van der Waals surface area (Å²) in [5.41, 5.74) is 1.33. The van der Waals surface area contributed by atoms with Gasteiger partial charge in [-0.05, 0) is 19.0 Å². The Morgan fingerprint density at radius 1 is 1.14 bits per heavy atom. The molecule has 5 nitrogen and oxygen atoms in total. The van der Waals surface area contributed by atoms with E-state index in [4.69, 9.17) is 4.74 Å². The second-order valence-electron chi connectivity index (χ2n) is 4.96. The highest BCUT2D eigenvalue weighted by atomic mass is 127. The molecule has 0 saturated carbocycles. The molecule has 126 valence electrons. The molecule has 0 atom stereocenters. The van der Waals surface area contributed by atoms with Gasteiger partial charge in [-0.15, -0.1) is 24.0 Å². The first-order valence-electron chi connectivity index (χ1n) is 7.42. The summed E-state index contributed by atoms with van der Waals surface area (Å²) >= 11 is 0. The van der Waals surface area contributed by atoms with E-state index >= 15 is 0 Å². The van der Waals surface area contributed by atoms with Crippen molar-refractivity contribution in [3.63, 3.8) is 0 Å². The largest absolute Gasteiger partial charge is 0.383 e. The zero-order valence-corrected chi connectivity index (χ0v) is 16.2. The van der Waals surface area contributed by atoms with E-state index < -0.39 is 0 Å². The lowest BCUT2D eigenvalue weighted by Gasteiger charge is -2.17. The molecule has 0 unspecified atom stereocenters. The average Bonchev–Trinajstić information content (AvgIpc) is 2.52. The molecule has 22 heavy (non-hydrogen) atoms. The van der Waals surface area contributed by atoms with Crippen molar-refractivity contribution in [3.8, 4) is 0 Å². The summed E-state index contributed by atoms with van der Waals surface area (Å²) in [4.78, 5) is 6.46. The first-order chi connectivity index (χ1) is 10.3. The van der Waals surface area contributed by atoms with Crippen molar-refractivity contribution >= 4 is 29.9 Å². The number of methoxy groups -OCH3 is 1. The van der Waals surface area contributed by atoms with Gasteiger partial charge in [0.25, 0.3) is 0 Å². The van der Waals surface area contributed by atoms with Gasteiger partial charge in [-0.1, -0.05) is 30.3 Å². The lowest BCUT2D eigenvalue weighted by molar-refractivity contribution is 0.162. The van der Waals surface area contributed by atoms with Crippen LogP contribution < -0.4 is 10.6 Å². The van der Waals surface area contributed by atoms with Gasteiger partial charge in [-0.3, -0.25) is 4.99 Å². The van der Waals surface area contributed by atoms with Crippen molar-refractivity contribution in [2.45, 2.75) is 6.42 Å². The summed E-state index contributed by atoms with van der Waals surface area (Å²) in [6.45, 7) is 4.41. The fraction of sp³-hybridized carbons (Fsp3) is 0.562. The molecule has 0 saturated heterocycles. The number of nitrogens with one attached hydrogen (secondary N) is 2. The Morgan fingerprint density at radius 2 is 1.82 bits per heavy atom. The Balaban J connectivity index is 0.00000441. The Bertz CT molecular complexity index is 400. The number of hydrogen-bond donors (Lipinski definition) is 2.